The molecule has 0 amide bonds. The van der Waals surface area contributed by atoms with Crippen LogP contribution >= 0.6 is 0 Å². The number of rotatable bonds is 4. The summed E-state index contributed by atoms with van der Waals surface area (Å²) in [4.78, 5) is 15.5. The molecular formula is C19H21N9. The topological polar surface area (TPSA) is 122 Å². The number of nitrogens with two attached hydrogens (primary N) is 1. The molecule has 9 heteroatoms. The van der Waals surface area contributed by atoms with Crippen molar-refractivity contribution >= 4 is 17.5 Å². The van der Waals surface area contributed by atoms with Gasteiger partial charge in [0.2, 0.25) is 5.95 Å². The van der Waals surface area contributed by atoms with Crippen molar-refractivity contribution in [3.05, 3.63) is 42.6 Å². The van der Waals surface area contributed by atoms with Gasteiger partial charge in [0.05, 0.1) is 18.1 Å². The number of hydrogen-bond donors (Lipinski definition) is 2. The Bertz CT molecular complexity index is 1000. The minimum absolute atomic E-state index is 0.129. The number of anilines is 3. The highest BCUT2D eigenvalue weighted by molar-refractivity contribution is 5.75. The Morgan fingerprint density at radius 1 is 1.25 bits per heavy atom. The number of nitrogens with zero attached hydrogens (tertiary/aromatic N) is 7. The smallest absolute Gasteiger partial charge is 0.229 e. The molecule has 0 bridgehead atoms. The third-order valence-electron chi connectivity index (χ3n) is 4.68. The number of nitrogens with one attached hydrogen (secondary N) is 1. The van der Waals surface area contributed by atoms with E-state index in [9.17, 15) is 0 Å². The fraction of sp³-hybridized carbons (Fsp3) is 0.316. The lowest BCUT2D eigenvalue weighted by atomic mass is 10.1. The predicted molar refractivity (Wildman–Crippen MR) is 106 cm³/mol. The maximum Gasteiger partial charge on any atom is 0.229 e. The largest absolute Gasteiger partial charge is 0.354 e. The van der Waals surface area contributed by atoms with Crippen molar-refractivity contribution in [3.63, 3.8) is 0 Å². The molecule has 1 saturated heterocycles. The number of aromatic nitrogens is 5. The summed E-state index contributed by atoms with van der Waals surface area (Å²) < 4.78 is 1.76. The van der Waals surface area contributed by atoms with Crippen molar-refractivity contribution in [1.29, 1.82) is 5.26 Å². The van der Waals surface area contributed by atoms with Crippen LogP contribution in [0.5, 0.6) is 0 Å². The summed E-state index contributed by atoms with van der Waals surface area (Å²) in [7, 11) is 1.88. The van der Waals surface area contributed by atoms with Gasteiger partial charge in [-0.1, -0.05) is 0 Å². The van der Waals surface area contributed by atoms with Crippen molar-refractivity contribution in [1.82, 2.24) is 24.7 Å². The first kappa shape index (κ1) is 17.9. The summed E-state index contributed by atoms with van der Waals surface area (Å²) >= 11 is 0. The average Bonchev–Trinajstić information content (AvgIpc) is 3.15. The minimum Gasteiger partial charge on any atom is -0.354 e. The van der Waals surface area contributed by atoms with E-state index in [-0.39, 0.29) is 6.04 Å². The lowest BCUT2D eigenvalue weighted by Gasteiger charge is -2.32. The van der Waals surface area contributed by atoms with Crippen LogP contribution < -0.4 is 16.0 Å². The number of piperidine rings is 1. The molecule has 1 fully saturated rings. The van der Waals surface area contributed by atoms with Crippen LogP contribution in [0.15, 0.2) is 36.9 Å². The van der Waals surface area contributed by atoms with Gasteiger partial charge in [0.25, 0.3) is 0 Å². The molecular weight excluding hydrogens is 354 g/mol. The third kappa shape index (κ3) is 3.77. The zero-order valence-electron chi connectivity index (χ0n) is 15.6. The molecule has 0 saturated carbocycles. The Morgan fingerprint density at radius 2 is 2.14 bits per heavy atom. The molecule has 0 aliphatic carbocycles. The molecule has 28 heavy (non-hydrogen) atoms. The molecule has 0 spiro atoms. The van der Waals surface area contributed by atoms with E-state index in [0.29, 0.717) is 11.6 Å². The van der Waals surface area contributed by atoms with Crippen molar-refractivity contribution < 1.29 is 0 Å². The van der Waals surface area contributed by atoms with E-state index in [1.807, 2.05) is 25.5 Å². The predicted octanol–water partition coefficient (Wildman–Crippen LogP) is 1.81. The van der Waals surface area contributed by atoms with Gasteiger partial charge < -0.3 is 16.0 Å². The van der Waals surface area contributed by atoms with E-state index in [1.54, 1.807) is 29.2 Å². The van der Waals surface area contributed by atoms with Crippen LogP contribution in [0.4, 0.5) is 17.5 Å². The molecule has 9 nitrogen and oxygen atoms in total. The molecule has 3 aromatic rings. The average molecular weight is 375 g/mol. The van der Waals surface area contributed by atoms with Crippen LogP contribution in [0.1, 0.15) is 18.5 Å². The fourth-order valence-corrected chi connectivity index (χ4v) is 3.30. The summed E-state index contributed by atoms with van der Waals surface area (Å²) in [6.07, 6.45) is 9.20. The fourth-order valence-electron chi connectivity index (χ4n) is 3.30. The molecule has 1 atom stereocenters. The molecule has 3 N–H and O–H groups in total. The SMILES string of the molecule is Cn1cc(-c2cnc(Nc3ccc(C#N)nc3)nc2N2CCCC(N)C2)cn1. The summed E-state index contributed by atoms with van der Waals surface area (Å²) in [6.45, 7) is 1.65. The number of aryl methyl sites for hydroxylation is 1. The Balaban J connectivity index is 1.68. The van der Waals surface area contributed by atoms with E-state index in [2.05, 4.69) is 25.3 Å². The van der Waals surface area contributed by atoms with Gasteiger partial charge >= 0.3 is 0 Å². The summed E-state index contributed by atoms with van der Waals surface area (Å²) in [5, 5.41) is 16.3. The summed E-state index contributed by atoms with van der Waals surface area (Å²) in [6, 6.07) is 5.56. The van der Waals surface area contributed by atoms with E-state index in [4.69, 9.17) is 16.0 Å². The van der Waals surface area contributed by atoms with Crippen molar-refractivity contribution in [2.45, 2.75) is 18.9 Å². The lowest BCUT2D eigenvalue weighted by molar-refractivity contribution is 0.503. The summed E-state index contributed by atoms with van der Waals surface area (Å²) in [5.41, 5.74) is 9.16. The Hall–Kier alpha value is -3.51. The van der Waals surface area contributed by atoms with E-state index in [0.717, 1.165) is 48.6 Å². The normalized spacial score (nSPS) is 16.6. The van der Waals surface area contributed by atoms with E-state index >= 15 is 0 Å². The van der Waals surface area contributed by atoms with Crippen LogP contribution in [-0.2, 0) is 7.05 Å². The molecule has 1 aliphatic rings. The highest BCUT2D eigenvalue weighted by Gasteiger charge is 2.22. The van der Waals surface area contributed by atoms with Gasteiger partial charge in [-0.2, -0.15) is 15.3 Å². The van der Waals surface area contributed by atoms with Gasteiger partial charge in [-0.15, -0.1) is 0 Å². The molecule has 0 aromatic carbocycles. The second-order valence-electron chi connectivity index (χ2n) is 6.85. The van der Waals surface area contributed by atoms with Gasteiger partial charge in [-0.05, 0) is 25.0 Å². The molecule has 0 radical (unpaired) electrons. The lowest BCUT2D eigenvalue weighted by Crippen LogP contribution is -2.43. The van der Waals surface area contributed by atoms with Crippen molar-refractivity contribution in [2.24, 2.45) is 12.8 Å². The Kier molecular flexibility index (Phi) is 4.87. The Labute approximate surface area is 162 Å². The highest BCUT2D eigenvalue weighted by Crippen LogP contribution is 2.31. The quantitative estimate of drug-likeness (QED) is 0.708. The van der Waals surface area contributed by atoms with Gasteiger partial charge in [0.1, 0.15) is 17.6 Å². The van der Waals surface area contributed by atoms with Gasteiger partial charge in [0.15, 0.2) is 0 Å². The molecule has 1 unspecified atom stereocenters. The van der Waals surface area contributed by atoms with E-state index in [1.165, 1.54) is 0 Å². The van der Waals surface area contributed by atoms with Gasteiger partial charge in [-0.25, -0.2) is 9.97 Å². The maximum atomic E-state index is 8.88. The van der Waals surface area contributed by atoms with Crippen LogP contribution in [0.25, 0.3) is 11.1 Å². The number of hydrogen-bond acceptors (Lipinski definition) is 8. The van der Waals surface area contributed by atoms with Crippen LogP contribution in [0.2, 0.25) is 0 Å². The second kappa shape index (κ2) is 7.62. The summed E-state index contributed by atoms with van der Waals surface area (Å²) in [5.74, 6) is 1.30. The zero-order valence-corrected chi connectivity index (χ0v) is 15.6. The van der Waals surface area contributed by atoms with Crippen molar-refractivity contribution in [3.8, 4) is 17.2 Å². The third-order valence-corrected chi connectivity index (χ3v) is 4.68. The number of pyridine rings is 1. The maximum absolute atomic E-state index is 8.88. The first-order valence-electron chi connectivity index (χ1n) is 9.12. The monoisotopic (exact) mass is 375 g/mol. The number of nitriles is 1. The minimum atomic E-state index is 0.129. The molecule has 1 aliphatic heterocycles. The zero-order chi connectivity index (χ0) is 19.5. The Morgan fingerprint density at radius 3 is 2.82 bits per heavy atom. The molecule has 4 rings (SSSR count). The van der Waals surface area contributed by atoms with Crippen LogP contribution in [-0.4, -0.2) is 43.9 Å². The van der Waals surface area contributed by atoms with Gasteiger partial charge in [-0.3, -0.25) is 4.68 Å². The molecule has 4 heterocycles. The standard InChI is InChI=1S/C19H21N9/c1-27-11-13(8-24-27)17-10-23-19(25-16-5-4-15(7-20)22-9-16)26-18(17)28-6-2-3-14(21)12-28/h4-5,8-11,14H,2-3,6,12,21H2,1H3,(H,23,25,26). The van der Waals surface area contributed by atoms with Crippen LogP contribution in [0, 0.1) is 11.3 Å². The first-order chi connectivity index (χ1) is 13.6. The van der Waals surface area contributed by atoms with E-state index < -0.39 is 0 Å². The molecule has 142 valence electrons. The highest BCUT2D eigenvalue weighted by atomic mass is 15.3. The van der Waals surface area contributed by atoms with Crippen LogP contribution in [0.3, 0.4) is 0 Å². The second-order valence-corrected chi connectivity index (χ2v) is 6.85. The van der Waals surface area contributed by atoms with Gasteiger partial charge in [0, 0.05) is 49.7 Å². The van der Waals surface area contributed by atoms with Crippen molar-refractivity contribution in [2.75, 3.05) is 23.3 Å². The first-order valence-corrected chi connectivity index (χ1v) is 9.12. The molecule has 3 aromatic heterocycles.